The Morgan fingerprint density at radius 2 is 1.93 bits per heavy atom. The Bertz CT molecular complexity index is 693. The van der Waals surface area contributed by atoms with Gasteiger partial charge in [-0.2, -0.15) is 5.10 Å². The van der Waals surface area contributed by atoms with Gasteiger partial charge in [0.15, 0.2) is 5.96 Å². The molecule has 0 spiro atoms. The Labute approximate surface area is 161 Å². The topological polar surface area (TPSA) is 91.6 Å². The summed E-state index contributed by atoms with van der Waals surface area (Å²) < 4.78 is 1.91. The first-order chi connectivity index (χ1) is 12.8. The molecular formula is C19H32N6O2. The largest absolute Gasteiger partial charge is 0.357 e. The maximum Gasteiger partial charge on any atom is 0.229 e. The van der Waals surface area contributed by atoms with Gasteiger partial charge in [-0.3, -0.25) is 24.2 Å². The molecule has 8 nitrogen and oxygen atoms in total. The molecule has 8 heteroatoms. The van der Waals surface area contributed by atoms with Crippen molar-refractivity contribution in [2.45, 2.75) is 59.4 Å². The number of rotatable bonds is 7. The number of imide groups is 1. The Morgan fingerprint density at radius 1 is 1.26 bits per heavy atom. The third-order valence-electron chi connectivity index (χ3n) is 4.87. The summed E-state index contributed by atoms with van der Waals surface area (Å²) in [4.78, 5) is 29.6. The third-order valence-corrected chi connectivity index (χ3v) is 4.87. The Morgan fingerprint density at radius 3 is 2.48 bits per heavy atom. The van der Waals surface area contributed by atoms with Crippen LogP contribution in [0.5, 0.6) is 0 Å². The van der Waals surface area contributed by atoms with Crippen LogP contribution >= 0.6 is 0 Å². The number of hydrogen-bond acceptors (Lipinski definition) is 4. The van der Waals surface area contributed by atoms with E-state index >= 15 is 0 Å². The van der Waals surface area contributed by atoms with Crippen LogP contribution in [0.4, 0.5) is 0 Å². The van der Waals surface area contributed by atoms with Crippen LogP contribution in [0.1, 0.15) is 50.1 Å². The second kappa shape index (κ2) is 9.53. The molecule has 0 aromatic carbocycles. The number of guanidine groups is 1. The zero-order chi connectivity index (χ0) is 20.0. The first-order valence-electron chi connectivity index (χ1n) is 9.70. The van der Waals surface area contributed by atoms with Crippen molar-refractivity contribution in [3.8, 4) is 0 Å². The highest BCUT2D eigenvalue weighted by Crippen LogP contribution is 2.14. The van der Waals surface area contributed by atoms with E-state index in [1.807, 2.05) is 25.6 Å². The van der Waals surface area contributed by atoms with Gasteiger partial charge in [-0.25, -0.2) is 0 Å². The van der Waals surface area contributed by atoms with Crippen LogP contribution in [0.15, 0.2) is 4.99 Å². The molecule has 1 aliphatic rings. The minimum absolute atomic E-state index is 0.0877. The molecule has 2 N–H and O–H groups in total. The number of amides is 2. The van der Waals surface area contributed by atoms with E-state index in [-0.39, 0.29) is 17.9 Å². The maximum absolute atomic E-state index is 11.9. The van der Waals surface area contributed by atoms with Crippen molar-refractivity contribution in [2.24, 2.45) is 12.0 Å². The Balaban J connectivity index is 1.94. The molecule has 27 heavy (non-hydrogen) atoms. The molecule has 2 heterocycles. The molecular weight excluding hydrogens is 344 g/mol. The lowest BCUT2D eigenvalue weighted by atomic mass is 10.1. The molecule has 150 valence electrons. The standard InChI is InChI=1S/C19H32N6O2/c1-6-20-19(21-10-11-25-17(26)8-7-9-18(25)27)22-13(2)12-16-14(3)23-24(5)15(16)4/h13H,6-12H2,1-5H3,(H2,20,21,22). The summed E-state index contributed by atoms with van der Waals surface area (Å²) in [6, 6.07) is 0.169. The van der Waals surface area contributed by atoms with E-state index in [9.17, 15) is 9.59 Å². The number of aliphatic imine (C=N–C) groups is 1. The van der Waals surface area contributed by atoms with Crippen molar-refractivity contribution in [3.05, 3.63) is 17.0 Å². The lowest BCUT2D eigenvalue weighted by molar-refractivity contribution is -0.147. The molecule has 0 bridgehead atoms. The van der Waals surface area contributed by atoms with Crippen LogP contribution in [0.25, 0.3) is 0 Å². The third kappa shape index (κ3) is 5.55. The predicted octanol–water partition coefficient (Wildman–Crippen LogP) is 1.06. The second-order valence-electron chi connectivity index (χ2n) is 7.08. The van der Waals surface area contributed by atoms with Crippen LogP contribution in [0, 0.1) is 13.8 Å². The summed E-state index contributed by atoms with van der Waals surface area (Å²) in [7, 11) is 1.96. The molecule has 2 rings (SSSR count). The first kappa shape index (κ1) is 20.9. The van der Waals surface area contributed by atoms with Gasteiger partial charge in [-0.05, 0) is 46.1 Å². The molecule has 1 saturated heterocycles. The van der Waals surface area contributed by atoms with Crippen LogP contribution in [0.2, 0.25) is 0 Å². The summed E-state index contributed by atoms with van der Waals surface area (Å²) in [5.74, 6) is 0.520. The second-order valence-corrected chi connectivity index (χ2v) is 7.08. The average molecular weight is 377 g/mol. The number of nitrogens with one attached hydrogen (secondary N) is 2. The Hall–Kier alpha value is -2.38. The molecule has 1 aromatic heterocycles. The van der Waals surface area contributed by atoms with E-state index in [2.05, 4.69) is 34.6 Å². The van der Waals surface area contributed by atoms with Crippen LogP contribution in [0.3, 0.4) is 0 Å². The molecule has 0 aliphatic carbocycles. The van der Waals surface area contributed by atoms with Gasteiger partial charge in [0.1, 0.15) is 0 Å². The van der Waals surface area contributed by atoms with Gasteiger partial charge in [0.25, 0.3) is 0 Å². The summed E-state index contributed by atoms with van der Waals surface area (Å²) in [6.45, 7) is 9.69. The number of nitrogens with zero attached hydrogens (tertiary/aromatic N) is 4. The maximum atomic E-state index is 11.9. The SMILES string of the molecule is CCNC(=NCCN1C(=O)CCCC1=O)NC(C)Cc1c(C)nn(C)c1C. The van der Waals surface area contributed by atoms with Gasteiger partial charge in [-0.1, -0.05) is 0 Å². The molecule has 2 amide bonds. The van der Waals surface area contributed by atoms with Gasteiger partial charge in [0, 0.05) is 44.7 Å². The number of likely N-dealkylation sites (tertiary alicyclic amines) is 1. The van der Waals surface area contributed by atoms with Crippen molar-refractivity contribution in [1.82, 2.24) is 25.3 Å². The average Bonchev–Trinajstić information content (AvgIpc) is 2.84. The van der Waals surface area contributed by atoms with Crippen molar-refractivity contribution >= 4 is 17.8 Å². The van der Waals surface area contributed by atoms with Crippen molar-refractivity contribution < 1.29 is 9.59 Å². The lowest BCUT2D eigenvalue weighted by Crippen LogP contribution is -2.44. The van der Waals surface area contributed by atoms with E-state index in [1.165, 1.54) is 16.2 Å². The molecule has 0 saturated carbocycles. The minimum atomic E-state index is -0.0877. The van der Waals surface area contributed by atoms with E-state index in [0.717, 1.165) is 18.7 Å². The fourth-order valence-corrected chi connectivity index (χ4v) is 3.33. The van der Waals surface area contributed by atoms with Gasteiger partial charge in [0.2, 0.25) is 11.8 Å². The molecule has 1 unspecified atom stereocenters. The highest BCUT2D eigenvalue weighted by molar-refractivity contribution is 5.97. The first-order valence-corrected chi connectivity index (χ1v) is 9.70. The number of piperidine rings is 1. The van der Waals surface area contributed by atoms with Crippen molar-refractivity contribution in [3.63, 3.8) is 0 Å². The number of aryl methyl sites for hydroxylation is 2. The Kier molecular flexibility index (Phi) is 7.38. The van der Waals surface area contributed by atoms with E-state index in [1.54, 1.807) is 0 Å². The summed E-state index contributed by atoms with van der Waals surface area (Å²) >= 11 is 0. The number of carbonyl (C=O) groups is 2. The normalized spacial score (nSPS) is 16.6. The van der Waals surface area contributed by atoms with Gasteiger partial charge >= 0.3 is 0 Å². The minimum Gasteiger partial charge on any atom is -0.357 e. The molecule has 1 atom stereocenters. The van der Waals surface area contributed by atoms with E-state index < -0.39 is 0 Å². The quantitative estimate of drug-likeness (QED) is 0.422. The fourth-order valence-electron chi connectivity index (χ4n) is 3.33. The molecule has 1 aliphatic heterocycles. The summed E-state index contributed by atoms with van der Waals surface area (Å²) in [6.07, 6.45) is 2.41. The fraction of sp³-hybridized carbons (Fsp3) is 0.684. The number of hydrogen-bond donors (Lipinski definition) is 2. The summed E-state index contributed by atoms with van der Waals surface area (Å²) in [5.41, 5.74) is 3.47. The van der Waals surface area contributed by atoms with Crippen LogP contribution in [-0.4, -0.2) is 58.1 Å². The van der Waals surface area contributed by atoms with Gasteiger partial charge in [0.05, 0.1) is 12.2 Å². The molecule has 0 radical (unpaired) electrons. The van der Waals surface area contributed by atoms with Crippen LogP contribution < -0.4 is 10.6 Å². The van der Waals surface area contributed by atoms with Gasteiger partial charge in [-0.15, -0.1) is 0 Å². The lowest BCUT2D eigenvalue weighted by Gasteiger charge is -2.24. The highest BCUT2D eigenvalue weighted by atomic mass is 16.2. The monoisotopic (exact) mass is 376 g/mol. The van der Waals surface area contributed by atoms with Crippen molar-refractivity contribution in [2.75, 3.05) is 19.6 Å². The zero-order valence-corrected chi connectivity index (χ0v) is 17.1. The van der Waals surface area contributed by atoms with Crippen LogP contribution in [-0.2, 0) is 23.1 Å². The number of carbonyl (C=O) groups excluding carboxylic acids is 2. The number of aromatic nitrogens is 2. The van der Waals surface area contributed by atoms with Gasteiger partial charge < -0.3 is 10.6 Å². The smallest absolute Gasteiger partial charge is 0.229 e. The molecule has 1 fully saturated rings. The highest BCUT2D eigenvalue weighted by Gasteiger charge is 2.25. The predicted molar refractivity (Wildman–Crippen MR) is 106 cm³/mol. The summed E-state index contributed by atoms with van der Waals surface area (Å²) in [5, 5.41) is 11.1. The molecule has 1 aromatic rings. The zero-order valence-electron chi connectivity index (χ0n) is 17.1. The van der Waals surface area contributed by atoms with E-state index in [0.29, 0.717) is 38.3 Å². The van der Waals surface area contributed by atoms with Crippen molar-refractivity contribution in [1.29, 1.82) is 0 Å². The van der Waals surface area contributed by atoms with E-state index in [4.69, 9.17) is 0 Å².